The van der Waals surface area contributed by atoms with Gasteiger partial charge in [0.25, 0.3) is 0 Å². The molecule has 3 aromatic rings. The van der Waals surface area contributed by atoms with Crippen molar-refractivity contribution in [2.45, 2.75) is 16.1 Å². The minimum Gasteiger partial charge on any atom is -0.497 e. The molecule has 10 heteroatoms. The summed E-state index contributed by atoms with van der Waals surface area (Å²) in [5.74, 6) is -1.55. The fourth-order valence-electron chi connectivity index (χ4n) is 2.11. The molecule has 0 radical (unpaired) electrons. The van der Waals surface area contributed by atoms with E-state index in [9.17, 15) is 18.0 Å². The maximum Gasteiger partial charge on any atom is 0.471 e. The smallest absolute Gasteiger partial charge is 0.471 e. The zero-order chi connectivity index (χ0) is 18.9. The van der Waals surface area contributed by atoms with Gasteiger partial charge in [-0.25, -0.2) is 4.98 Å². The van der Waals surface area contributed by atoms with Gasteiger partial charge in [0.1, 0.15) is 16.4 Å². The molecule has 0 unspecified atom stereocenters. The number of anilines is 1. The summed E-state index contributed by atoms with van der Waals surface area (Å²) in [5, 5.41) is 2.23. The molecule has 3 rings (SSSR count). The molecule has 2 heterocycles. The fraction of sp³-hybridized carbons (Fsp3) is 0.125. The van der Waals surface area contributed by atoms with Crippen molar-refractivity contribution < 1.29 is 22.7 Å². The van der Waals surface area contributed by atoms with Gasteiger partial charge in [0, 0.05) is 14.7 Å². The average molecular weight is 493 g/mol. The van der Waals surface area contributed by atoms with Crippen LogP contribution in [-0.4, -0.2) is 28.6 Å². The molecule has 0 bridgehead atoms. The third kappa shape index (κ3) is 4.06. The molecule has 0 aliphatic carbocycles. The van der Waals surface area contributed by atoms with E-state index in [1.165, 1.54) is 11.8 Å². The van der Waals surface area contributed by atoms with Crippen LogP contribution in [0, 0.1) is 3.57 Å². The third-order valence-electron chi connectivity index (χ3n) is 3.30. The van der Waals surface area contributed by atoms with Crippen LogP contribution in [0.4, 0.5) is 19.0 Å². The van der Waals surface area contributed by atoms with E-state index in [0.717, 1.165) is 8.47 Å². The topological polar surface area (TPSA) is 55.6 Å². The van der Waals surface area contributed by atoms with E-state index in [4.69, 9.17) is 4.74 Å². The summed E-state index contributed by atoms with van der Waals surface area (Å²) in [6.07, 6.45) is -3.26. The highest BCUT2D eigenvalue weighted by atomic mass is 127. The van der Waals surface area contributed by atoms with Crippen molar-refractivity contribution in [1.82, 2.24) is 9.38 Å². The molecular formula is C16H11F3IN3O2S. The average Bonchev–Trinajstić information content (AvgIpc) is 2.91. The number of rotatable bonds is 4. The van der Waals surface area contributed by atoms with Crippen molar-refractivity contribution in [3.8, 4) is 5.75 Å². The summed E-state index contributed by atoms with van der Waals surface area (Å²) < 4.78 is 45.5. The summed E-state index contributed by atoms with van der Waals surface area (Å²) in [4.78, 5) is 16.2. The van der Waals surface area contributed by atoms with Crippen LogP contribution < -0.4 is 10.1 Å². The second-order valence-electron chi connectivity index (χ2n) is 5.07. The lowest BCUT2D eigenvalue weighted by Crippen LogP contribution is -2.30. The van der Waals surface area contributed by atoms with Gasteiger partial charge in [-0.15, -0.1) is 0 Å². The number of carbonyl (C=O) groups is 1. The number of benzene rings is 1. The van der Waals surface area contributed by atoms with Crippen molar-refractivity contribution in [3.63, 3.8) is 0 Å². The molecular weight excluding hydrogens is 482 g/mol. The van der Waals surface area contributed by atoms with Crippen LogP contribution in [0.2, 0.25) is 0 Å². The van der Waals surface area contributed by atoms with E-state index in [1.54, 1.807) is 54.1 Å². The van der Waals surface area contributed by atoms with Gasteiger partial charge >= 0.3 is 12.1 Å². The van der Waals surface area contributed by atoms with E-state index < -0.39 is 12.1 Å². The van der Waals surface area contributed by atoms with Crippen LogP contribution >= 0.6 is 34.4 Å². The Morgan fingerprint density at radius 2 is 1.92 bits per heavy atom. The molecule has 0 fully saturated rings. The molecule has 26 heavy (non-hydrogen) atoms. The highest BCUT2D eigenvalue weighted by Gasteiger charge is 2.39. The number of carbonyl (C=O) groups excluding carboxylic acids is 1. The van der Waals surface area contributed by atoms with Crippen molar-refractivity contribution in [2.75, 3.05) is 12.4 Å². The Morgan fingerprint density at radius 3 is 2.54 bits per heavy atom. The Bertz CT molecular complexity index is 958. The summed E-state index contributed by atoms with van der Waals surface area (Å²) in [5.41, 5.74) is 0.430. The highest BCUT2D eigenvalue weighted by molar-refractivity contribution is 14.1. The lowest BCUT2D eigenvalue weighted by atomic mass is 10.3. The largest absolute Gasteiger partial charge is 0.497 e. The van der Waals surface area contributed by atoms with Crippen LogP contribution in [-0.2, 0) is 4.79 Å². The van der Waals surface area contributed by atoms with Crippen molar-refractivity contribution in [1.29, 1.82) is 0 Å². The summed E-state index contributed by atoms with van der Waals surface area (Å²) >= 11 is 3.28. The first-order valence-electron chi connectivity index (χ1n) is 7.15. The fourth-order valence-corrected chi connectivity index (χ4v) is 3.50. The number of amides is 1. The molecule has 136 valence electrons. The van der Waals surface area contributed by atoms with Gasteiger partial charge in [-0.05, 0) is 59.0 Å². The molecule has 5 nitrogen and oxygen atoms in total. The zero-order valence-electron chi connectivity index (χ0n) is 13.2. The van der Waals surface area contributed by atoms with E-state index in [1.807, 2.05) is 5.32 Å². The number of hydrogen-bond donors (Lipinski definition) is 1. The maximum absolute atomic E-state index is 12.6. The molecule has 0 saturated heterocycles. The Labute approximate surface area is 164 Å². The normalized spacial score (nSPS) is 11.6. The molecule has 1 N–H and O–H groups in total. The summed E-state index contributed by atoms with van der Waals surface area (Å²) in [7, 11) is 1.54. The lowest BCUT2D eigenvalue weighted by molar-refractivity contribution is -0.167. The first kappa shape index (κ1) is 18.8. The second kappa shape index (κ2) is 7.35. The minimum atomic E-state index is -4.99. The third-order valence-corrected chi connectivity index (χ3v) is 5.03. The molecule has 0 saturated carbocycles. The molecule has 2 aromatic heterocycles. The summed E-state index contributed by atoms with van der Waals surface area (Å²) in [6.45, 7) is 0. The predicted octanol–water partition coefficient (Wildman–Crippen LogP) is 4.60. The van der Waals surface area contributed by atoms with Gasteiger partial charge in [-0.1, -0.05) is 11.8 Å². The number of alkyl halides is 3. The molecule has 0 aliphatic rings. The summed E-state index contributed by atoms with van der Waals surface area (Å²) in [6, 6.07) is 10.5. The van der Waals surface area contributed by atoms with Crippen molar-refractivity contribution in [3.05, 3.63) is 46.2 Å². The van der Waals surface area contributed by atoms with E-state index >= 15 is 0 Å². The Hall–Kier alpha value is -1.95. The number of nitrogens with one attached hydrogen (secondary N) is 1. The molecule has 1 aromatic carbocycles. The van der Waals surface area contributed by atoms with Gasteiger partial charge in [-0.2, -0.15) is 13.2 Å². The number of halogens is 4. The Balaban J connectivity index is 2.03. The number of hydrogen-bond acceptors (Lipinski definition) is 4. The van der Waals surface area contributed by atoms with Gasteiger partial charge in [0.2, 0.25) is 0 Å². The van der Waals surface area contributed by atoms with Crippen LogP contribution in [0.25, 0.3) is 5.65 Å². The van der Waals surface area contributed by atoms with Gasteiger partial charge in [0.15, 0.2) is 5.82 Å². The van der Waals surface area contributed by atoms with E-state index in [0.29, 0.717) is 16.4 Å². The quantitative estimate of drug-likeness (QED) is 0.540. The molecule has 0 spiro atoms. The van der Waals surface area contributed by atoms with Gasteiger partial charge in [0.05, 0.1) is 7.11 Å². The molecule has 0 atom stereocenters. The zero-order valence-corrected chi connectivity index (χ0v) is 16.1. The highest BCUT2D eigenvalue weighted by Crippen LogP contribution is 2.35. The molecule has 0 aliphatic heterocycles. The first-order valence-corrected chi connectivity index (χ1v) is 9.05. The van der Waals surface area contributed by atoms with E-state index in [2.05, 4.69) is 27.6 Å². The number of aromatic nitrogens is 2. The van der Waals surface area contributed by atoms with Gasteiger partial charge in [-0.3, -0.25) is 9.20 Å². The maximum atomic E-state index is 12.6. The monoisotopic (exact) mass is 493 g/mol. The van der Waals surface area contributed by atoms with Crippen molar-refractivity contribution >= 4 is 51.7 Å². The predicted molar refractivity (Wildman–Crippen MR) is 99.7 cm³/mol. The minimum absolute atomic E-state index is 0.143. The number of pyridine rings is 1. The lowest BCUT2D eigenvalue weighted by Gasteiger charge is -2.09. The van der Waals surface area contributed by atoms with Gasteiger partial charge < -0.3 is 10.1 Å². The standard InChI is InChI=1S/C16H11F3IN3O2S/c1-25-10-3-5-11(6-4-10)26-14-13(22-15(24)16(17,18)19)21-12-7-2-9(20)8-23(12)14/h2-8H,1H3,(H,22,24). The van der Waals surface area contributed by atoms with Crippen LogP contribution in [0.15, 0.2) is 52.5 Å². The Morgan fingerprint density at radius 1 is 1.23 bits per heavy atom. The number of imidazole rings is 1. The molecule has 1 amide bonds. The number of methoxy groups -OCH3 is 1. The number of ether oxygens (including phenoxy) is 1. The van der Waals surface area contributed by atoms with Crippen molar-refractivity contribution in [2.24, 2.45) is 0 Å². The first-order chi connectivity index (χ1) is 12.3. The van der Waals surface area contributed by atoms with Crippen LogP contribution in [0.3, 0.4) is 0 Å². The SMILES string of the molecule is COc1ccc(Sc2c(NC(=O)C(F)(F)F)nc3ccc(I)cn23)cc1. The Kier molecular flexibility index (Phi) is 5.32. The van der Waals surface area contributed by atoms with Crippen LogP contribution in [0.1, 0.15) is 0 Å². The van der Waals surface area contributed by atoms with E-state index in [-0.39, 0.29) is 5.82 Å². The second-order valence-corrected chi connectivity index (χ2v) is 7.38. The van der Waals surface area contributed by atoms with Crippen LogP contribution in [0.5, 0.6) is 5.75 Å². The number of nitrogens with zero attached hydrogens (tertiary/aromatic N) is 2. The number of fused-ring (bicyclic) bond motifs is 1.